The molecule has 6 nitrogen and oxygen atoms in total. The number of nitrogens with one attached hydrogen (secondary N) is 1. The van der Waals surface area contributed by atoms with Gasteiger partial charge in [0.15, 0.2) is 0 Å². The van der Waals surface area contributed by atoms with Crippen molar-refractivity contribution >= 4 is 23.5 Å². The van der Waals surface area contributed by atoms with Crippen molar-refractivity contribution in [3.05, 3.63) is 65.7 Å². The Balaban J connectivity index is 1.61. The average Bonchev–Trinajstić information content (AvgIpc) is 2.88. The first kappa shape index (κ1) is 16.7. The number of carboxylic acid groups (broad SMARTS) is 1. The maximum atomic E-state index is 12.5. The van der Waals surface area contributed by atoms with Gasteiger partial charge in [-0.3, -0.25) is 14.5 Å². The molecule has 0 saturated carbocycles. The Labute approximate surface area is 145 Å². The summed E-state index contributed by atoms with van der Waals surface area (Å²) in [5.74, 6) is -1.45. The summed E-state index contributed by atoms with van der Waals surface area (Å²) in [7, 11) is 0. The largest absolute Gasteiger partial charge is 0.478 e. The lowest BCUT2D eigenvalue weighted by atomic mass is 10.1. The Hall–Kier alpha value is -3.15. The molecular weight excluding hydrogens is 320 g/mol. The molecular formula is C19H18N2O4. The van der Waals surface area contributed by atoms with Crippen molar-refractivity contribution in [1.82, 2.24) is 4.90 Å². The first-order valence-electron chi connectivity index (χ1n) is 8.02. The highest BCUT2D eigenvalue weighted by Gasteiger charge is 2.38. The minimum atomic E-state index is -1.01. The quantitative estimate of drug-likeness (QED) is 0.788. The summed E-state index contributed by atoms with van der Waals surface area (Å²) >= 11 is 0. The lowest BCUT2D eigenvalue weighted by molar-refractivity contribution is -0.138. The molecule has 1 heterocycles. The Bertz CT molecular complexity index is 787. The first-order valence-corrected chi connectivity index (χ1v) is 8.02. The molecule has 2 amide bonds. The fourth-order valence-corrected chi connectivity index (χ4v) is 2.83. The molecule has 1 fully saturated rings. The van der Waals surface area contributed by atoms with Crippen molar-refractivity contribution in [2.75, 3.05) is 11.9 Å². The van der Waals surface area contributed by atoms with E-state index in [1.54, 1.807) is 12.1 Å². The van der Waals surface area contributed by atoms with Crippen molar-refractivity contribution in [2.24, 2.45) is 0 Å². The van der Waals surface area contributed by atoms with E-state index in [4.69, 9.17) is 5.11 Å². The second kappa shape index (κ2) is 7.17. The normalized spacial score (nSPS) is 17.0. The van der Waals surface area contributed by atoms with Crippen molar-refractivity contribution in [3.63, 3.8) is 0 Å². The Morgan fingerprint density at radius 2 is 1.76 bits per heavy atom. The minimum absolute atomic E-state index is 0.105. The number of nitrogens with zero attached hydrogens (tertiary/aromatic N) is 1. The Morgan fingerprint density at radius 1 is 1.08 bits per heavy atom. The van der Waals surface area contributed by atoms with Crippen LogP contribution in [-0.4, -0.2) is 40.4 Å². The zero-order valence-corrected chi connectivity index (χ0v) is 13.5. The maximum Gasteiger partial charge on any atom is 0.335 e. The fraction of sp³-hybridized carbons (Fsp3) is 0.211. The number of carbonyl (C=O) groups excluding carboxylic acids is 2. The van der Waals surface area contributed by atoms with Crippen LogP contribution in [0.3, 0.4) is 0 Å². The zero-order chi connectivity index (χ0) is 17.8. The van der Waals surface area contributed by atoms with Crippen LogP contribution >= 0.6 is 0 Å². The van der Waals surface area contributed by atoms with Crippen LogP contribution in [0.1, 0.15) is 22.3 Å². The van der Waals surface area contributed by atoms with E-state index in [2.05, 4.69) is 5.32 Å². The number of amides is 2. The first-order chi connectivity index (χ1) is 12.0. The van der Waals surface area contributed by atoms with E-state index in [0.29, 0.717) is 18.7 Å². The average molecular weight is 338 g/mol. The number of rotatable bonds is 6. The third-order valence-corrected chi connectivity index (χ3v) is 4.18. The summed E-state index contributed by atoms with van der Waals surface area (Å²) in [6.45, 7) is 0.359. The third-order valence-electron chi connectivity index (χ3n) is 4.18. The lowest BCUT2D eigenvalue weighted by Crippen LogP contribution is -2.36. The molecule has 0 aromatic heterocycles. The number of benzene rings is 2. The molecule has 1 aliphatic rings. The number of hydrogen-bond acceptors (Lipinski definition) is 4. The van der Waals surface area contributed by atoms with Gasteiger partial charge >= 0.3 is 5.97 Å². The van der Waals surface area contributed by atoms with E-state index in [1.165, 1.54) is 17.0 Å². The molecule has 0 spiro atoms. The summed E-state index contributed by atoms with van der Waals surface area (Å²) in [5.41, 5.74) is 1.86. The van der Waals surface area contributed by atoms with Gasteiger partial charge in [-0.2, -0.15) is 0 Å². The molecule has 0 unspecified atom stereocenters. The molecule has 1 saturated heterocycles. The molecule has 25 heavy (non-hydrogen) atoms. The summed E-state index contributed by atoms with van der Waals surface area (Å²) < 4.78 is 0. The summed E-state index contributed by atoms with van der Waals surface area (Å²) in [6.07, 6.45) is 0.729. The zero-order valence-electron chi connectivity index (χ0n) is 13.5. The second-order valence-electron chi connectivity index (χ2n) is 5.90. The Kier molecular flexibility index (Phi) is 4.79. The van der Waals surface area contributed by atoms with Crippen LogP contribution in [0.4, 0.5) is 5.69 Å². The van der Waals surface area contributed by atoms with Crippen molar-refractivity contribution in [1.29, 1.82) is 0 Å². The number of likely N-dealkylation sites (tertiary alicyclic amines) is 1. The van der Waals surface area contributed by atoms with Crippen molar-refractivity contribution in [3.8, 4) is 0 Å². The number of carboxylic acids is 1. The smallest absolute Gasteiger partial charge is 0.335 e. The predicted molar refractivity (Wildman–Crippen MR) is 92.3 cm³/mol. The fourth-order valence-electron chi connectivity index (χ4n) is 2.83. The molecule has 0 radical (unpaired) electrons. The van der Waals surface area contributed by atoms with Gasteiger partial charge in [-0.15, -0.1) is 0 Å². The summed E-state index contributed by atoms with van der Waals surface area (Å²) in [4.78, 5) is 36.7. The van der Waals surface area contributed by atoms with Gasteiger partial charge < -0.3 is 10.4 Å². The van der Waals surface area contributed by atoms with Gasteiger partial charge in [0.1, 0.15) is 6.04 Å². The molecule has 2 aromatic rings. The topological polar surface area (TPSA) is 86.7 Å². The highest BCUT2D eigenvalue weighted by molar-refractivity contribution is 6.06. The SMILES string of the molecule is O=C(O)c1ccc(N[C@@H]2CC(=O)N(CCc3ccccc3)C2=O)cc1. The molecule has 0 aliphatic carbocycles. The number of anilines is 1. The molecule has 3 rings (SSSR count). The summed E-state index contributed by atoms with van der Waals surface area (Å²) in [6, 6.07) is 15.2. The number of hydrogen-bond donors (Lipinski definition) is 2. The van der Waals surface area contributed by atoms with E-state index in [-0.39, 0.29) is 23.8 Å². The van der Waals surface area contributed by atoms with Gasteiger partial charge in [-0.1, -0.05) is 30.3 Å². The van der Waals surface area contributed by atoms with Crippen LogP contribution in [-0.2, 0) is 16.0 Å². The van der Waals surface area contributed by atoms with Gasteiger partial charge in [-0.25, -0.2) is 4.79 Å². The van der Waals surface area contributed by atoms with Crippen LogP contribution < -0.4 is 5.32 Å². The number of aromatic carboxylic acids is 1. The monoisotopic (exact) mass is 338 g/mol. The lowest BCUT2D eigenvalue weighted by Gasteiger charge is -2.16. The van der Waals surface area contributed by atoms with Crippen LogP contribution in [0.15, 0.2) is 54.6 Å². The van der Waals surface area contributed by atoms with Crippen LogP contribution in [0.2, 0.25) is 0 Å². The van der Waals surface area contributed by atoms with Crippen LogP contribution in [0.5, 0.6) is 0 Å². The highest BCUT2D eigenvalue weighted by atomic mass is 16.4. The molecule has 0 bridgehead atoms. The standard InChI is InChI=1S/C19H18N2O4/c22-17-12-16(20-15-8-6-14(7-9-15)19(24)25)18(23)21(17)11-10-13-4-2-1-3-5-13/h1-9,16,20H,10-12H2,(H,24,25)/t16-/m1/s1. The maximum absolute atomic E-state index is 12.5. The van der Waals surface area contributed by atoms with Crippen LogP contribution in [0, 0.1) is 0 Å². The highest BCUT2D eigenvalue weighted by Crippen LogP contribution is 2.19. The van der Waals surface area contributed by atoms with Gasteiger partial charge in [0, 0.05) is 12.2 Å². The second-order valence-corrected chi connectivity index (χ2v) is 5.90. The van der Waals surface area contributed by atoms with Gasteiger partial charge in [-0.05, 0) is 36.2 Å². The summed E-state index contributed by atoms with van der Waals surface area (Å²) in [5, 5.41) is 11.9. The molecule has 1 aliphatic heterocycles. The molecule has 128 valence electrons. The van der Waals surface area contributed by atoms with E-state index in [0.717, 1.165) is 5.56 Å². The van der Waals surface area contributed by atoms with Crippen molar-refractivity contribution < 1.29 is 19.5 Å². The minimum Gasteiger partial charge on any atom is -0.478 e. The third kappa shape index (κ3) is 3.85. The molecule has 2 aromatic carbocycles. The Morgan fingerprint density at radius 3 is 2.40 bits per heavy atom. The van der Waals surface area contributed by atoms with E-state index >= 15 is 0 Å². The van der Waals surface area contributed by atoms with Crippen LogP contribution in [0.25, 0.3) is 0 Å². The van der Waals surface area contributed by atoms with E-state index in [9.17, 15) is 14.4 Å². The number of imide groups is 1. The van der Waals surface area contributed by atoms with Crippen molar-refractivity contribution in [2.45, 2.75) is 18.9 Å². The molecule has 6 heteroatoms. The predicted octanol–water partition coefficient (Wildman–Crippen LogP) is 2.17. The van der Waals surface area contributed by atoms with E-state index < -0.39 is 12.0 Å². The number of carbonyl (C=O) groups is 3. The van der Waals surface area contributed by atoms with Gasteiger partial charge in [0.2, 0.25) is 5.91 Å². The van der Waals surface area contributed by atoms with Gasteiger partial charge in [0.25, 0.3) is 5.91 Å². The van der Waals surface area contributed by atoms with E-state index in [1.807, 2.05) is 30.3 Å². The molecule has 1 atom stereocenters. The van der Waals surface area contributed by atoms with Gasteiger partial charge in [0.05, 0.1) is 12.0 Å². The molecule has 2 N–H and O–H groups in total.